The molecule has 0 spiro atoms. The minimum atomic E-state index is -1.62. The molecule has 0 fully saturated rings. The lowest BCUT2D eigenvalue weighted by molar-refractivity contribution is -0.142. The van der Waals surface area contributed by atoms with Gasteiger partial charge in [-0.3, -0.25) is 9.59 Å². The van der Waals surface area contributed by atoms with E-state index in [-0.39, 0.29) is 22.5 Å². The molecule has 30 heavy (non-hydrogen) atoms. The Morgan fingerprint density at radius 3 is 2.47 bits per heavy atom. The van der Waals surface area contributed by atoms with E-state index in [1.54, 1.807) is 0 Å². The van der Waals surface area contributed by atoms with Crippen LogP contribution >= 0.6 is 15.9 Å². The first kappa shape index (κ1) is 21.4. The first-order valence-electron chi connectivity index (χ1n) is 8.20. The van der Waals surface area contributed by atoms with Gasteiger partial charge in [-0.15, -0.1) is 0 Å². The summed E-state index contributed by atoms with van der Waals surface area (Å²) >= 11 is 2.88. The second-order valence-corrected chi connectivity index (χ2v) is 7.01. The number of carbonyl (C=O) groups is 2. The van der Waals surface area contributed by atoms with E-state index >= 15 is 0 Å². The number of anilines is 1. The van der Waals surface area contributed by atoms with Crippen molar-refractivity contribution in [3.05, 3.63) is 67.7 Å². The molecule has 0 radical (unpaired) electrons. The molecule has 0 atom stereocenters. The molecule has 3 rings (SSSR count). The molecule has 3 N–H and O–H groups in total. The third kappa shape index (κ3) is 3.63. The van der Waals surface area contributed by atoms with Crippen LogP contribution in [0.5, 0.6) is 0 Å². The van der Waals surface area contributed by atoms with Crippen LogP contribution in [0.2, 0.25) is 0 Å². The Bertz CT molecular complexity index is 1290. The molecule has 156 valence electrons. The van der Waals surface area contributed by atoms with E-state index in [4.69, 9.17) is 10.5 Å². The van der Waals surface area contributed by atoms with Gasteiger partial charge in [0.05, 0.1) is 26.8 Å². The van der Waals surface area contributed by atoms with Crippen molar-refractivity contribution in [3.8, 4) is 5.69 Å². The number of nitrogen functional groups attached to an aromatic ring is 1. The van der Waals surface area contributed by atoms with E-state index in [1.807, 2.05) is 0 Å². The quantitative estimate of drug-likeness (QED) is 0.333. The molecule has 0 saturated carbocycles. The fourth-order valence-corrected chi connectivity index (χ4v) is 3.47. The van der Waals surface area contributed by atoms with E-state index in [1.165, 1.54) is 0 Å². The fourth-order valence-electron chi connectivity index (χ4n) is 2.87. The lowest BCUT2D eigenvalue weighted by Gasteiger charge is -2.18. The summed E-state index contributed by atoms with van der Waals surface area (Å²) in [7, 11) is 0. The van der Waals surface area contributed by atoms with Crippen LogP contribution in [0.15, 0.2) is 33.7 Å². The SMILES string of the molecule is CC(=O)OCc1cc(F)c(N)cc1-n1cc(C(=O)O)c(=O)c2cc(F)c(F)c(Br)c21. The molecule has 0 aliphatic heterocycles. The number of carbonyl (C=O) groups excluding carboxylic acids is 1. The Labute approximate surface area is 174 Å². The first-order chi connectivity index (χ1) is 14.0. The van der Waals surface area contributed by atoms with Crippen molar-refractivity contribution in [3.63, 3.8) is 0 Å². The molecule has 0 aliphatic carbocycles. The van der Waals surface area contributed by atoms with E-state index in [0.717, 1.165) is 29.8 Å². The van der Waals surface area contributed by atoms with Gasteiger partial charge in [0.25, 0.3) is 0 Å². The molecule has 3 aromatic rings. The van der Waals surface area contributed by atoms with Crippen molar-refractivity contribution in [1.82, 2.24) is 4.57 Å². The average Bonchev–Trinajstić information content (AvgIpc) is 2.67. The Kier molecular flexibility index (Phi) is 5.57. The summed E-state index contributed by atoms with van der Waals surface area (Å²) in [5, 5.41) is 8.94. The molecule has 0 unspecified atom stereocenters. The maximum Gasteiger partial charge on any atom is 0.341 e. The predicted octanol–water partition coefficient (Wildman–Crippen LogP) is 3.51. The second kappa shape index (κ2) is 7.82. The number of fused-ring (bicyclic) bond motifs is 1. The number of aromatic nitrogens is 1. The van der Waals surface area contributed by atoms with Crippen molar-refractivity contribution in [1.29, 1.82) is 0 Å². The molecule has 0 bridgehead atoms. The number of halogens is 4. The van der Waals surface area contributed by atoms with Gasteiger partial charge in [0.1, 0.15) is 18.0 Å². The number of rotatable bonds is 4. The lowest BCUT2D eigenvalue weighted by atomic mass is 10.1. The van der Waals surface area contributed by atoms with Crippen LogP contribution in [0.25, 0.3) is 16.6 Å². The van der Waals surface area contributed by atoms with Gasteiger partial charge in [0, 0.05) is 18.7 Å². The number of carboxylic acid groups (broad SMARTS) is 1. The molecule has 11 heteroatoms. The van der Waals surface area contributed by atoms with Crippen LogP contribution in [0.3, 0.4) is 0 Å². The highest BCUT2D eigenvalue weighted by Gasteiger charge is 2.23. The molecule has 1 aromatic heterocycles. The molecule has 1 heterocycles. The van der Waals surface area contributed by atoms with Gasteiger partial charge >= 0.3 is 11.9 Å². The zero-order valence-electron chi connectivity index (χ0n) is 15.1. The zero-order chi connectivity index (χ0) is 22.3. The lowest BCUT2D eigenvalue weighted by Crippen LogP contribution is -2.20. The maximum absolute atomic E-state index is 14.2. The molecule has 2 aromatic carbocycles. The Hall–Kier alpha value is -3.34. The molecule has 0 aliphatic rings. The summed E-state index contributed by atoms with van der Waals surface area (Å²) in [4.78, 5) is 35.3. The number of hydrogen-bond acceptors (Lipinski definition) is 5. The van der Waals surface area contributed by atoms with Crippen LogP contribution in [-0.4, -0.2) is 21.6 Å². The van der Waals surface area contributed by atoms with Gasteiger partial charge in [-0.1, -0.05) is 0 Å². The predicted molar refractivity (Wildman–Crippen MR) is 104 cm³/mol. The summed E-state index contributed by atoms with van der Waals surface area (Å²) in [5.74, 6) is -5.84. The van der Waals surface area contributed by atoms with E-state index < -0.39 is 56.8 Å². The van der Waals surface area contributed by atoms with Gasteiger partial charge in [-0.05, 0) is 34.1 Å². The summed E-state index contributed by atoms with van der Waals surface area (Å²) in [5.41, 5.74) is 3.29. The van der Waals surface area contributed by atoms with Gasteiger partial charge in [0.15, 0.2) is 11.6 Å². The molecule has 7 nitrogen and oxygen atoms in total. The minimum Gasteiger partial charge on any atom is -0.477 e. The highest BCUT2D eigenvalue weighted by molar-refractivity contribution is 9.10. The van der Waals surface area contributed by atoms with Crippen molar-refractivity contribution in [2.75, 3.05) is 5.73 Å². The number of aromatic carboxylic acids is 1. The molecular formula is C19H12BrF3N2O5. The number of carboxylic acids is 1. The summed E-state index contributed by atoms with van der Waals surface area (Å²) < 4.78 is 47.7. The van der Waals surface area contributed by atoms with Gasteiger partial charge in [-0.25, -0.2) is 18.0 Å². The van der Waals surface area contributed by atoms with E-state index in [0.29, 0.717) is 6.07 Å². The largest absolute Gasteiger partial charge is 0.477 e. The van der Waals surface area contributed by atoms with Crippen LogP contribution in [-0.2, 0) is 16.1 Å². The third-order valence-electron chi connectivity index (χ3n) is 4.24. The average molecular weight is 485 g/mol. The number of ether oxygens (including phenoxy) is 1. The van der Waals surface area contributed by atoms with Crippen LogP contribution in [0.4, 0.5) is 18.9 Å². The van der Waals surface area contributed by atoms with Crippen molar-refractivity contribution >= 4 is 44.5 Å². The van der Waals surface area contributed by atoms with Crippen molar-refractivity contribution in [2.24, 2.45) is 0 Å². The van der Waals surface area contributed by atoms with Gasteiger partial charge in [0.2, 0.25) is 5.43 Å². The second-order valence-electron chi connectivity index (χ2n) is 6.21. The Morgan fingerprint density at radius 2 is 1.87 bits per heavy atom. The third-order valence-corrected chi connectivity index (χ3v) is 4.97. The Balaban J connectivity index is 2.50. The molecule has 0 amide bonds. The summed E-state index contributed by atoms with van der Waals surface area (Å²) in [6.45, 7) is 0.693. The van der Waals surface area contributed by atoms with Crippen LogP contribution in [0, 0.1) is 17.5 Å². The molecule has 0 saturated heterocycles. The van der Waals surface area contributed by atoms with Crippen LogP contribution < -0.4 is 11.2 Å². The minimum absolute atomic E-state index is 0.00522. The van der Waals surface area contributed by atoms with Gasteiger partial charge < -0.3 is 20.1 Å². The highest BCUT2D eigenvalue weighted by atomic mass is 79.9. The van der Waals surface area contributed by atoms with Crippen molar-refractivity contribution in [2.45, 2.75) is 13.5 Å². The number of hydrogen-bond donors (Lipinski definition) is 2. The number of nitrogens with zero attached hydrogens (tertiary/aromatic N) is 1. The van der Waals surface area contributed by atoms with Crippen LogP contribution in [0.1, 0.15) is 22.8 Å². The normalized spacial score (nSPS) is 11.0. The summed E-state index contributed by atoms with van der Waals surface area (Å²) in [6.07, 6.45) is 0.874. The maximum atomic E-state index is 14.2. The number of esters is 1. The topological polar surface area (TPSA) is 112 Å². The smallest absolute Gasteiger partial charge is 0.341 e. The number of benzene rings is 2. The molecular weight excluding hydrogens is 473 g/mol. The van der Waals surface area contributed by atoms with E-state index in [9.17, 15) is 32.7 Å². The van der Waals surface area contributed by atoms with Gasteiger partial charge in [-0.2, -0.15) is 0 Å². The van der Waals surface area contributed by atoms with Crippen molar-refractivity contribution < 1.29 is 32.6 Å². The number of nitrogens with two attached hydrogens (primary N) is 1. The highest BCUT2D eigenvalue weighted by Crippen LogP contribution is 2.32. The first-order valence-corrected chi connectivity index (χ1v) is 9.00. The monoisotopic (exact) mass is 484 g/mol. The number of pyridine rings is 1. The standard InChI is InChI=1S/C19H12BrF3N2O5/c1-7(26)30-6-8-2-11(21)13(24)4-14(8)25-5-10(19(28)29)18(27)9-3-12(22)16(23)15(20)17(9)25/h2-5H,6,24H2,1H3,(H,28,29). The fraction of sp³-hybridized carbons (Fsp3) is 0.105. The van der Waals surface area contributed by atoms with E-state index in [2.05, 4.69) is 15.9 Å². The summed E-state index contributed by atoms with van der Waals surface area (Å²) in [6, 6.07) is 2.61. The Morgan fingerprint density at radius 1 is 1.20 bits per heavy atom. The zero-order valence-corrected chi connectivity index (χ0v) is 16.7.